The van der Waals surface area contributed by atoms with Crippen molar-refractivity contribution in [1.29, 1.82) is 0 Å². The van der Waals surface area contributed by atoms with E-state index in [1.165, 1.54) is 36.0 Å². The van der Waals surface area contributed by atoms with Gasteiger partial charge in [-0.1, -0.05) is 11.8 Å². The largest absolute Gasteiger partial charge is 0.497 e. The first-order chi connectivity index (χ1) is 13.0. The number of anilines is 1. The van der Waals surface area contributed by atoms with Gasteiger partial charge in [-0.25, -0.2) is 14.4 Å². The fraction of sp³-hybridized carbons (Fsp3) is 0.150. The first kappa shape index (κ1) is 18.8. The maximum absolute atomic E-state index is 12.9. The standard InChI is InChI=1S/C20H18FN3O2S/c1-13-11-19(24-20(22-13)14-3-9-17(26-2)10-4-14)27-12-18(25)23-16-7-5-15(21)6-8-16/h3-11H,12H2,1-2H3,(H,23,25). The Morgan fingerprint density at radius 3 is 2.48 bits per heavy atom. The van der Waals surface area contributed by atoms with Gasteiger partial charge < -0.3 is 10.1 Å². The number of amides is 1. The van der Waals surface area contributed by atoms with Crippen LogP contribution in [0.1, 0.15) is 5.69 Å². The lowest BCUT2D eigenvalue weighted by molar-refractivity contribution is -0.113. The predicted octanol–water partition coefficient (Wildman–Crippen LogP) is 4.33. The molecule has 0 fully saturated rings. The van der Waals surface area contributed by atoms with E-state index in [0.29, 0.717) is 16.5 Å². The molecule has 0 saturated heterocycles. The highest BCUT2D eigenvalue weighted by Crippen LogP contribution is 2.23. The van der Waals surface area contributed by atoms with Crippen LogP contribution >= 0.6 is 11.8 Å². The molecule has 0 saturated carbocycles. The minimum atomic E-state index is -0.343. The Bertz CT molecular complexity index is 931. The Kier molecular flexibility index (Phi) is 6.03. The van der Waals surface area contributed by atoms with Gasteiger partial charge in [-0.3, -0.25) is 4.79 Å². The number of nitrogens with zero attached hydrogens (tertiary/aromatic N) is 2. The van der Waals surface area contributed by atoms with E-state index in [0.717, 1.165) is 17.0 Å². The number of rotatable bonds is 6. The molecule has 1 amide bonds. The number of hydrogen-bond donors (Lipinski definition) is 1. The molecule has 0 unspecified atom stereocenters. The van der Waals surface area contributed by atoms with Gasteiger partial charge in [0, 0.05) is 16.9 Å². The van der Waals surface area contributed by atoms with Crippen molar-refractivity contribution in [3.63, 3.8) is 0 Å². The quantitative estimate of drug-likeness (QED) is 0.507. The van der Waals surface area contributed by atoms with Crippen molar-refractivity contribution >= 4 is 23.4 Å². The van der Waals surface area contributed by atoms with Crippen LogP contribution in [0, 0.1) is 12.7 Å². The summed E-state index contributed by atoms with van der Waals surface area (Å²) in [7, 11) is 1.61. The van der Waals surface area contributed by atoms with Gasteiger partial charge in [0.15, 0.2) is 5.82 Å². The molecule has 1 aromatic heterocycles. The summed E-state index contributed by atoms with van der Waals surface area (Å²) in [5.74, 6) is 1.02. The minimum absolute atomic E-state index is 0.186. The third-order valence-corrected chi connectivity index (χ3v) is 4.57. The van der Waals surface area contributed by atoms with Crippen molar-refractivity contribution in [2.45, 2.75) is 11.9 Å². The molecule has 5 nitrogen and oxygen atoms in total. The van der Waals surface area contributed by atoms with Crippen LogP contribution in [0.2, 0.25) is 0 Å². The Morgan fingerprint density at radius 2 is 1.81 bits per heavy atom. The second kappa shape index (κ2) is 8.64. The van der Waals surface area contributed by atoms with E-state index in [4.69, 9.17) is 4.74 Å². The van der Waals surface area contributed by atoms with Crippen LogP contribution in [0.4, 0.5) is 10.1 Å². The number of hydrogen-bond acceptors (Lipinski definition) is 5. The van der Waals surface area contributed by atoms with Gasteiger partial charge in [-0.15, -0.1) is 0 Å². The summed E-state index contributed by atoms with van der Waals surface area (Å²) in [4.78, 5) is 21.1. The van der Waals surface area contributed by atoms with Gasteiger partial charge in [-0.2, -0.15) is 0 Å². The molecular formula is C20H18FN3O2S. The number of methoxy groups -OCH3 is 1. The van der Waals surface area contributed by atoms with Crippen molar-refractivity contribution in [2.24, 2.45) is 0 Å². The van der Waals surface area contributed by atoms with Crippen LogP contribution in [0.5, 0.6) is 5.75 Å². The van der Waals surface area contributed by atoms with Gasteiger partial charge in [0.05, 0.1) is 12.9 Å². The first-order valence-electron chi connectivity index (χ1n) is 8.22. The molecule has 0 atom stereocenters. The number of nitrogens with one attached hydrogen (secondary N) is 1. The number of aryl methyl sites for hydroxylation is 1. The molecule has 0 spiro atoms. The highest BCUT2D eigenvalue weighted by atomic mass is 32.2. The first-order valence-corrected chi connectivity index (χ1v) is 9.20. The fourth-order valence-corrected chi connectivity index (χ4v) is 3.11. The van der Waals surface area contributed by atoms with Crippen molar-refractivity contribution in [2.75, 3.05) is 18.2 Å². The van der Waals surface area contributed by atoms with Gasteiger partial charge in [-0.05, 0) is 61.5 Å². The Hall–Kier alpha value is -2.93. The highest BCUT2D eigenvalue weighted by molar-refractivity contribution is 7.99. The van der Waals surface area contributed by atoms with Crippen LogP contribution in [-0.4, -0.2) is 28.7 Å². The highest BCUT2D eigenvalue weighted by Gasteiger charge is 2.09. The monoisotopic (exact) mass is 383 g/mol. The maximum atomic E-state index is 12.9. The minimum Gasteiger partial charge on any atom is -0.497 e. The zero-order valence-corrected chi connectivity index (χ0v) is 15.7. The summed E-state index contributed by atoms with van der Waals surface area (Å²) in [5.41, 5.74) is 2.24. The second-order valence-electron chi connectivity index (χ2n) is 5.74. The lowest BCUT2D eigenvalue weighted by atomic mass is 10.2. The number of carbonyl (C=O) groups is 1. The molecule has 2 aromatic carbocycles. The fourth-order valence-electron chi connectivity index (χ4n) is 2.35. The molecule has 0 radical (unpaired) electrons. The molecule has 3 aromatic rings. The summed E-state index contributed by atoms with van der Waals surface area (Å²) in [6, 6.07) is 15.0. The lowest BCUT2D eigenvalue weighted by Crippen LogP contribution is -2.14. The SMILES string of the molecule is COc1ccc(-c2nc(C)cc(SCC(=O)Nc3ccc(F)cc3)n2)cc1. The zero-order valence-electron chi connectivity index (χ0n) is 14.9. The summed E-state index contributed by atoms with van der Waals surface area (Å²) >= 11 is 1.32. The molecule has 27 heavy (non-hydrogen) atoms. The third kappa shape index (κ3) is 5.27. The number of aromatic nitrogens is 2. The van der Waals surface area contributed by atoms with Crippen LogP contribution < -0.4 is 10.1 Å². The molecule has 0 aliphatic carbocycles. The van der Waals surface area contributed by atoms with Gasteiger partial charge in [0.2, 0.25) is 5.91 Å². The molecule has 138 valence electrons. The van der Waals surface area contributed by atoms with Crippen LogP contribution in [0.15, 0.2) is 59.6 Å². The van der Waals surface area contributed by atoms with Crippen LogP contribution in [0.25, 0.3) is 11.4 Å². The molecule has 7 heteroatoms. The van der Waals surface area contributed by atoms with Crippen molar-refractivity contribution in [1.82, 2.24) is 9.97 Å². The van der Waals surface area contributed by atoms with Crippen molar-refractivity contribution < 1.29 is 13.9 Å². The van der Waals surface area contributed by atoms with E-state index < -0.39 is 0 Å². The topological polar surface area (TPSA) is 64.1 Å². The molecule has 1 N–H and O–H groups in total. The maximum Gasteiger partial charge on any atom is 0.234 e. The number of ether oxygens (including phenoxy) is 1. The van der Waals surface area contributed by atoms with Gasteiger partial charge >= 0.3 is 0 Å². The summed E-state index contributed by atoms with van der Waals surface area (Å²) in [6.07, 6.45) is 0. The lowest BCUT2D eigenvalue weighted by Gasteiger charge is -2.08. The smallest absolute Gasteiger partial charge is 0.234 e. The number of thioether (sulfide) groups is 1. The van der Waals surface area contributed by atoms with E-state index in [9.17, 15) is 9.18 Å². The van der Waals surface area contributed by atoms with Crippen LogP contribution in [0.3, 0.4) is 0 Å². The number of benzene rings is 2. The average molecular weight is 383 g/mol. The van der Waals surface area contributed by atoms with E-state index >= 15 is 0 Å². The van der Waals surface area contributed by atoms with Crippen molar-refractivity contribution in [3.8, 4) is 17.1 Å². The molecule has 0 bridgehead atoms. The zero-order chi connectivity index (χ0) is 19.2. The third-order valence-electron chi connectivity index (χ3n) is 3.66. The molecule has 0 aliphatic rings. The van der Waals surface area contributed by atoms with Crippen LogP contribution in [-0.2, 0) is 4.79 Å². The van der Waals surface area contributed by atoms with Crippen molar-refractivity contribution in [3.05, 3.63) is 66.1 Å². The van der Waals surface area contributed by atoms with E-state index in [1.54, 1.807) is 7.11 Å². The normalized spacial score (nSPS) is 10.5. The summed E-state index contributed by atoms with van der Waals surface area (Å²) < 4.78 is 18.1. The van der Waals surface area contributed by atoms with Gasteiger partial charge in [0.25, 0.3) is 0 Å². The molecular weight excluding hydrogens is 365 g/mol. The molecule has 1 heterocycles. The summed E-state index contributed by atoms with van der Waals surface area (Å²) in [5, 5.41) is 3.44. The van der Waals surface area contributed by atoms with Gasteiger partial charge in [0.1, 0.15) is 16.6 Å². The Balaban J connectivity index is 1.66. The molecule has 0 aliphatic heterocycles. The number of carbonyl (C=O) groups excluding carboxylic acids is 1. The Labute approximate surface area is 161 Å². The van der Waals surface area contributed by atoms with E-state index in [2.05, 4.69) is 15.3 Å². The second-order valence-corrected chi connectivity index (χ2v) is 6.74. The number of halogens is 1. The predicted molar refractivity (Wildman–Crippen MR) is 105 cm³/mol. The molecule has 3 rings (SSSR count). The van der Waals surface area contributed by atoms with E-state index in [1.807, 2.05) is 37.3 Å². The summed E-state index contributed by atoms with van der Waals surface area (Å²) in [6.45, 7) is 1.89. The average Bonchev–Trinajstić information content (AvgIpc) is 2.68. The van der Waals surface area contributed by atoms with E-state index in [-0.39, 0.29) is 17.5 Å². The Morgan fingerprint density at radius 1 is 1.11 bits per heavy atom.